The summed E-state index contributed by atoms with van der Waals surface area (Å²) in [4.78, 5) is 9.45. The molecule has 0 aliphatic carbocycles. The van der Waals surface area contributed by atoms with Crippen LogP contribution in [0.1, 0.15) is 23.7 Å². The molecule has 1 aromatic carbocycles. The molecule has 0 amide bonds. The van der Waals surface area contributed by atoms with E-state index in [1.54, 1.807) is 11.8 Å². The zero-order valence-corrected chi connectivity index (χ0v) is 16.8. The van der Waals surface area contributed by atoms with Gasteiger partial charge in [-0.1, -0.05) is 48.5 Å². The quantitative estimate of drug-likeness (QED) is 0.537. The number of aromatic nitrogens is 2. The Morgan fingerprint density at radius 3 is 2.92 bits per heavy atom. The second-order valence-electron chi connectivity index (χ2n) is 5.28. The zero-order chi connectivity index (χ0) is 16.1. The first-order valence-corrected chi connectivity index (χ1v) is 10.4. The van der Waals surface area contributed by atoms with Crippen molar-refractivity contribution in [1.82, 2.24) is 9.97 Å². The highest BCUT2D eigenvalue weighted by molar-refractivity contribution is 7.99. The van der Waals surface area contributed by atoms with Gasteiger partial charge >= 0.3 is 0 Å². The van der Waals surface area contributed by atoms with Gasteiger partial charge in [-0.25, -0.2) is 9.97 Å². The largest absolute Gasteiger partial charge is 0.369 e. The number of aryl methyl sites for hydroxylation is 1. The van der Waals surface area contributed by atoms with Crippen LogP contribution in [-0.4, -0.2) is 28.0 Å². The summed E-state index contributed by atoms with van der Waals surface area (Å²) in [5.41, 5.74) is 3.66. The lowest BCUT2D eigenvalue weighted by Crippen LogP contribution is -2.15. The second kappa shape index (κ2) is 9.76. The molecule has 7 heteroatoms. The van der Waals surface area contributed by atoms with Gasteiger partial charge in [-0.3, -0.25) is 0 Å². The highest BCUT2D eigenvalue weighted by atomic mass is 35.5. The fourth-order valence-corrected chi connectivity index (χ4v) is 4.37. The van der Waals surface area contributed by atoms with E-state index in [4.69, 9.17) is 21.6 Å². The summed E-state index contributed by atoms with van der Waals surface area (Å²) < 4.78 is 0. The maximum atomic E-state index is 6.23. The molecule has 1 N–H and O–H groups in total. The Morgan fingerprint density at radius 2 is 2.12 bits per heavy atom. The third-order valence-corrected chi connectivity index (χ3v) is 5.80. The van der Waals surface area contributed by atoms with Gasteiger partial charge in [0.2, 0.25) is 0 Å². The van der Waals surface area contributed by atoms with Crippen LogP contribution in [0.5, 0.6) is 0 Å². The van der Waals surface area contributed by atoms with E-state index in [2.05, 4.69) is 18.3 Å². The number of hydrogen-bond donors (Lipinski definition) is 1. The van der Waals surface area contributed by atoms with E-state index in [0.29, 0.717) is 0 Å². The number of halogens is 2. The summed E-state index contributed by atoms with van der Waals surface area (Å²) >= 11 is 9.89. The number of anilines is 1. The summed E-state index contributed by atoms with van der Waals surface area (Å²) in [5.74, 6) is 4.15. The smallest absolute Gasteiger partial charge is 0.189 e. The lowest BCUT2D eigenvalue weighted by Gasteiger charge is -2.19. The number of fused-ring (bicyclic) bond motifs is 1. The summed E-state index contributed by atoms with van der Waals surface area (Å²) in [6.45, 7) is 2.96. The monoisotopic (exact) mass is 401 g/mol. The molecule has 3 nitrogen and oxygen atoms in total. The summed E-state index contributed by atoms with van der Waals surface area (Å²) in [6.07, 6.45) is 1.93. The van der Waals surface area contributed by atoms with Crippen LogP contribution in [0.3, 0.4) is 0 Å². The topological polar surface area (TPSA) is 37.8 Å². The SMILES string of the molecule is CCSc1nc2c(c(NCCc3ccccc3Cl)n1)CSCC2.Cl. The molecule has 2 heterocycles. The van der Waals surface area contributed by atoms with E-state index in [-0.39, 0.29) is 12.4 Å². The van der Waals surface area contributed by atoms with E-state index in [9.17, 15) is 0 Å². The third-order valence-electron chi connectivity index (χ3n) is 3.72. The molecule has 3 rings (SSSR count). The average Bonchev–Trinajstić information content (AvgIpc) is 2.57. The number of hydrogen-bond acceptors (Lipinski definition) is 5. The van der Waals surface area contributed by atoms with Crippen LogP contribution in [-0.2, 0) is 18.6 Å². The first-order chi connectivity index (χ1) is 11.3. The van der Waals surface area contributed by atoms with Crippen LogP contribution in [0.25, 0.3) is 0 Å². The molecule has 1 aliphatic heterocycles. The normalized spacial score (nSPS) is 13.1. The highest BCUT2D eigenvalue weighted by Crippen LogP contribution is 2.30. The van der Waals surface area contributed by atoms with Crippen molar-refractivity contribution in [3.63, 3.8) is 0 Å². The number of nitrogens with zero attached hydrogens (tertiary/aromatic N) is 2. The molecule has 24 heavy (non-hydrogen) atoms. The predicted molar refractivity (Wildman–Crippen MR) is 109 cm³/mol. The summed E-state index contributed by atoms with van der Waals surface area (Å²) in [6, 6.07) is 8.01. The van der Waals surface area contributed by atoms with Crippen LogP contribution in [0.2, 0.25) is 5.02 Å². The molecular formula is C17H21Cl2N3S2. The van der Waals surface area contributed by atoms with Crippen molar-refractivity contribution in [1.29, 1.82) is 0 Å². The van der Waals surface area contributed by atoms with Crippen molar-refractivity contribution in [3.05, 3.63) is 46.1 Å². The molecule has 1 aliphatic rings. The fourth-order valence-electron chi connectivity index (χ4n) is 2.57. The van der Waals surface area contributed by atoms with Gasteiger partial charge in [0.1, 0.15) is 5.82 Å². The van der Waals surface area contributed by atoms with Gasteiger partial charge in [0.25, 0.3) is 0 Å². The van der Waals surface area contributed by atoms with E-state index < -0.39 is 0 Å². The maximum Gasteiger partial charge on any atom is 0.189 e. The van der Waals surface area contributed by atoms with Crippen LogP contribution in [0.15, 0.2) is 29.4 Å². The van der Waals surface area contributed by atoms with E-state index in [1.807, 2.05) is 30.0 Å². The molecular weight excluding hydrogens is 381 g/mol. The van der Waals surface area contributed by atoms with E-state index in [0.717, 1.165) is 52.6 Å². The molecule has 0 saturated carbocycles. The van der Waals surface area contributed by atoms with Crippen molar-refractivity contribution in [2.75, 3.05) is 23.4 Å². The van der Waals surface area contributed by atoms with Crippen LogP contribution >= 0.6 is 47.5 Å². The Morgan fingerprint density at radius 1 is 1.29 bits per heavy atom. The number of rotatable bonds is 6. The molecule has 0 fully saturated rings. The first-order valence-electron chi connectivity index (χ1n) is 7.85. The Bertz CT molecular complexity index is 683. The number of nitrogens with one attached hydrogen (secondary N) is 1. The van der Waals surface area contributed by atoms with Gasteiger partial charge in [-0.05, 0) is 36.0 Å². The second-order valence-corrected chi connectivity index (χ2v) is 8.03. The molecule has 0 saturated heterocycles. The third kappa shape index (κ3) is 4.94. The molecule has 0 atom stereocenters. The zero-order valence-electron chi connectivity index (χ0n) is 13.5. The Kier molecular flexibility index (Phi) is 8.01. The Hall–Kier alpha value is -0.620. The van der Waals surface area contributed by atoms with Gasteiger partial charge in [0.05, 0.1) is 5.69 Å². The molecule has 0 unspecified atom stereocenters. The number of benzene rings is 1. The standard InChI is InChI=1S/C17H20ClN3S2.ClH/c1-2-23-17-20-15-8-10-22-11-13(15)16(21-17)19-9-7-12-5-3-4-6-14(12)18;/h3-6H,2,7-11H2,1H3,(H,19,20,21);1H. The number of thioether (sulfide) groups is 2. The van der Waals surface area contributed by atoms with Crippen LogP contribution in [0, 0.1) is 0 Å². The molecule has 0 radical (unpaired) electrons. The van der Waals surface area contributed by atoms with Crippen molar-refractivity contribution in [2.45, 2.75) is 30.7 Å². The minimum Gasteiger partial charge on any atom is -0.369 e. The highest BCUT2D eigenvalue weighted by Gasteiger charge is 2.18. The molecule has 0 bridgehead atoms. The Labute approximate surface area is 163 Å². The molecule has 1 aromatic heterocycles. The van der Waals surface area contributed by atoms with Crippen molar-refractivity contribution >= 4 is 53.3 Å². The predicted octanol–water partition coefficient (Wildman–Crippen LogP) is 5.11. The molecule has 2 aromatic rings. The van der Waals surface area contributed by atoms with E-state index >= 15 is 0 Å². The van der Waals surface area contributed by atoms with Crippen molar-refractivity contribution in [2.24, 2.45) is 0 Å². The Balaban J connectivity index is 0.00000208. The first kappa shape index (κ1) is 19.7. The maximum absolute atomic E-state index is 6.23. The lowest BCUT2D eigenvalue weighted by molar-refractivity contribution is 0.855. The van der Waals surface area contributed by atoms with Gasteiger partial charge in [-0.15, -0.1) is 12.4 Å². The fraction of sp³-hybridized carbons (Fsp3) is 0.412. The van der Waals surface area contributed by atoms with Gasteiger partial charge < -0.3 is 5.32 Å². The van der Waals surface area contributed by atoms with Gasteiger partial charge in [0, 0.05) is 22.9 Å². The lowest BCUT2D eigenvalue weighted by atomic mass is 10.1. The van der Waals surface area contributed by atoms with Crippen LogP contribution < -0.4 is 5.32 Å². The minimum atomic E-state index is 0. The van der Waals surface area contributed by atoms with Gasteiger partial charge in [-0.2, -0.15) is 11.8 Å². The van der Waals surface area contributed by atoms with E-state index in [1.165, 1.54) is 16.8 Å². The van der Waals surface area contributed by atoms with Crippen molar-refractivity contribution in [3.8, 4) is 0 Å². The average molecular weight is 402 g/mol. The molecule has 130 valence electrons. The van der Waals surface area contributed by atoms with Crippen molar-refractivity contribution < 1.29 is 0 Å². The van der Waals surface area contributed by atoms with Crippen LogP contribution in [0.4, 0.5) is 5.82 Å². The minimum absolute atomic E-state index is 0. The summed E-state index contributed by atoms with van der Waals surface area (Å²) in [7, 11) is 0. The summed E-state index contributed by atoms with van der Waals surface area (Å²) in [5, 5.41) is 5.23. The van der Waals surface area contributed by atoms with Gasteiger partial charge in [0.15, 0.2) is 5.16 Å². The molecule has 0 spiro atoms.